The number of carbonyl (C=O) groups is 2. The van der Waals surface area contributed by atoms with Gasteiger partial charge in [0.25, 0.3) is 0 Å². The van der Waals surface area contributed by atoms with Crippen LogP contribution in [0.5, 0.6) is 0 Å². The zero-order chi connectivity index (χ0) is 13.5. The first-order valence-electron chi connectivity index (χ1n) is 5.56. The van der Waals surface area contributed by atoms with Gasteiger partial charge in [-0.3, -0.25) is 9.59 Å². The molecule has 0 saturated heterocycles. The summed E-state index contributed by atoms with van der Waals surface area (Å²) < 4.78 is 0. The molecule has 1 aromatic heterocycles. The highest BCUT2D eigenvalue weighted by Gasteiger charge is 2.09. The molecule has 0 saturated carbocycles. The van der Waals surface area contributed by atoms with Gasteiger partial charge in [-0.25, -0.2) is 4.98 Å². The summed E-state index contributed by atoms with van der Waals surface area (Å²) in [5, 5.41) is 7.76. The second kappa shape index (κ2) is 7.33. The van der Waals surface area contributed by atoms with E-state index < -0.39 is 0 Å². The van der Waals surface area contributed by atoms with Gasteiger partial charge in [0.05, 0.1) is 24.5 Å². The fraction of sp³-hybridized carbons (Fsp3) is 0.545. The standard InChI is InChI=1S/C11H16ClN3O2S/c1-7(2)14-10(17)5-13-9(16)3-11-15-8(4-12)6-18-11/h6-7H,3-5H2,1-2H3,(H,13,16)(H,14,17). The molecule has 100 valence electrons. The molecule has 0 aliphatic rings. The van der Waals surface area contributed by atoms with Crippen LogP contribution in [0.2, 0.25) is 0 Å². The van der Waals surface area contributed by atoms with Crippen LogP contribution in [-0.4, -0.2) is 29.4 Å². The number of aromatic nitrogens is 1. The van der Waals surface area contributed by atoms with E-state index in [0.717, 1.165) is 5.69 Å². The van der Waals surface area contributed by atoms with Crippen LogP contribution in [0.25, 0.3) is 0 Å². The molecule has 7 heteroatoms. The van der Waals surface area contributed by atoms with E-state index in [1.165, 1.54) is 11.3 Å². The lowest BCUT2D eigenvalue weighted by Crippen LogP contribution is -2.40. The van der Waals surface area contributed by atoms with Gasteiger partial charge in [0.1, 0.15) is 5.01 Å². The zero-order valence-electron chi connectivity index (χ0n) is 10.3. The third kappa shape index (κ3) is 5.46. The topological polar surface area (TPSA) is 71.1 Å². The van der Waals surface area contributed by atoms with Gasteiger partial charge in [-0.1, -0.05) is 0 Å². The third-order valence-electron chi connectivity index (χ3n) is 1.94. The minimum atomic E-state index is -0.218. The maximum absolute atomic E-state index is 11.5. The van der Waals surface area contributed by atoms with Crippen LogP contribution in [0.1, 0.15) is 24.5 Å². The summed E-state index contributed by atoms with van der Waals surface area (Å²) >= 11 is 7.01. The van der Waals surface area contributed by atoms with Crippen molar-refractivity contribution in [1.29, 1.82) is 0 Å². The lowest BCUT2D eigenvalue weighted by molar-refractivity contribution is -0.126. The number of halogens is 1. The van der Waals surface area contributed by atoms with Crippen molar-refractivity contribution in [3.05, 3.63) is 16.1 Å². The maximum atomic E-state index is 11.5. The molecule has 18 heavy (non-hydrogen) atoms. The van der Waals surface area contributed by atoms with Gasteiger partial charge in [-0.15, -0.1) is 22.9 Å². The molecule has 1 rings (SSSR count). The second-order valence-electron chi connectivity index (χ2n) is 4.04. The fourth-order valence-electron chi connectivity index (χ4n) is 1.24. The van der Waals surface area contributed by atoms with E-state index in [1.807, 2.05) is 19.2 Å². The molecule has 0 aliphatic heterocycles. The number of hydrogen-bond acceptors (Lipinski definition) is 4. The van der Waals surface area contributed by atoms with Crippen molar-refractivity contribution < 1.29 is 9.59 Å². The van der Waals surface area contributed by atoms with Gasteiger partial charge in [-0.05, 0) is 13.8 Å². The van der Waals surface area contributed by atoms with E-state index in [4.69, 9.17) is 11.6 Å². The molecule has 0 fully saturated rings. The number of rotatable bonds is 6. The average Bonchev–Trinajstić information content (AvgIpc) is 2.73. The Morgan fingerprint density at radius 1 is 1.44 bits per heavy atom. The normalized spacial score (nSPS) is 10.4. The van der Waals surface area contributed by atoms with Crippen molar-refractivity contribution in [2.45, 2.75) is 32.2 Å². The van der Waals surface area contributed by atoms with E-state index in [0.29, 0.717) is 10.9 Å². The predicted octanol–water partition coefficient (Wildman–Crippen LogP) is 1.07. The number of nitrogens with zero attached hydrogens (tertiary/aromatic N) is 1. The number of nitrogens with one attached hydrogen (secondary N) is 2. The molecule has 0 bridgehead atoms. The van der Waals surface area contributed by atoms with Crippen LogP contribution < -0.4 is 10.6 Å². The minimum absolute atomic E-state index is 0.00917. The molecule has 0 unspecified atom stereocenters. The molecule has 0 spiro atoms. The summed E-state index contributed by atoms with van der Waals surface area (Å²) in [7, 11) is 0. The maximum Gasteiger partial charge on any atom is 0.239 e. The van der Waals surface area contributed by atoms with Crippen molar-refractivity contribution in [2.75, 3.05) is 6.54 Å². The molecule has 0 atom stereocenters. The number of thiazole rings is 1. The fourth-order valence-corrected chi connectivity index (χ4v) is 2.26. The summed E-state index contributed by atoms with van der Waals surface area (Å²) in [6.45, 7) is 3.72. The Morgan fingerprint density at radius 3 is 2.72 bits per heavy atom. The molecule has 0 aliphatic carbocycles. The Hall–Kier alpha value is -1.14. The Balaban J connectivity index is 2.31. The minimum Gasteiger partial charge on any atom is -0.352 e. The molecule has 0 aromatic carbocycles. The largest absolute Gasteiger partial charge is 0.352 e. The molecule has 1 aromatic rings. The molecule has 2 N–H and O–H groups in total. The van der Waals surface area contributed by atoms with Crippen LogP contribution in [0.3, 0.4) is 0 Å². The summed E-state index contributed by atoms with van der Waals surface area (Å²) in [5.74, 6) is -0.0714. The smallest absolute Gasteiger partial charge is 0.239 e. The van der Waals surface area contributed by atoms with Crippen molar-refractivity contribution >= 4 is 34.8 Å². The molecule has 1 heterocycles. The van der Waals surface area contributed by atoms with Gasteiger partial charge < -0.3 is 10.6 Å². The van der Waals surface area contributed by atoms with E-state index in [2.05, 4.69) is 15.6 Å². The van der Waals surface area contributed by atoms with Crippen molar-refractivity contribution in [1.82, 2.24) is 15.6 Å². The van der Waals surface area contributed by atoms with Crippen LogP contribution in [0.4, 0.5) is 0 Å². The van der Waals surface area contributed by atoms with E-state index >= 15 is 0 Å². The van der Waals surface area contributed by atoms with E-state index in [-0.39, 0.29) is 30.8 Å². The summed E-state index contributed by atoms with van der Waals surface area (Å²) in [6.07, 6.45) is 0.177. The molecule has 0 radical (unpaired) electrons. The van der Waals surface area contributed by atoms with Crippen molar-refractivity contribution in [3.63, 3.8) is 0 Å². The average molecular weight is 290 g/mol. The van der Waals surface area contributed by atoms with E-state index in [1.54, 1.807) is 0 Å². The predicted molar refractivity (Wildman–Crippen MR) is 71.7 cm³/mol. The molecular formula is C11H16ClN3O2S. The monoisotopic (exact) mass is 289 g/mol. The Labute approximate surface area is 115 Å². The Kier molecular flexibility index (Phi) is 6.07. The molecular weight excluding hydrogens is 274 g/mol. The number of alkyl halides is 1. The first-order chi connectivity index (χ1) is 8.51. The van der Waals surface area contributed by atoms with Crippen LogP contribution >= 0.6 is 22.9 Å². The third-order valence-corrected chi connectivity index (χ3v) is 3.12. The van der Waals surface area contributed by atoms with Crippen LogP contribution in [0, 0.1) is 0 Å². The van der Waals surface area contributed by atoms with Gasteiger partial charge in [-0.2, -0.15) is 0 Å². The summed E-state index contributed by atoms with van der Waals surface area (Å²) in [4.78, 5) is 27.0. The highest BCUT2D eigenvalue weighted by molar-refractivity contribution is 7.09. The van der Waals surface area contributed by atoms with Crippen LogP contribution in [0.15, 0.2) is 5.38 Å². The van der Waals surface area contributed by atoms with Gasteiger partial charge in [0.15, 0.2) is 0 Å². The number of amides is 2. The SMILES string of the molecule is CC(C)NC(=O)CNC(=O)Cc1nc(CCl)cs1. The second-order valence-corrected chi connectivity index (χ2v) is 5.25. The van der Waals surface area contributed by atoms with Gasteiger partial charge >= 0.3 is 0 Å². The zero-order valence-corrected chi connectivity index (χ0v) is 11.9. The van der Waals surface area contributed by atoms with Crippen molar-refractivity contribution in [3.8, 4) is 0 Å². The number of carbonyl (C=O) groups excluding carboxylic acids is 2. The lowest BCUT2D eigenvalue weighted by atomic mass is 10.3. The van der Waals surface area contributed by atoms with Gasteiger partial charge in [0, 0.05) is 11.4 Å². The van der Waals surface area contributed by atoms with Crippen LogP contribution in [-0.2, 0) is 21.9 Å². The lowest BCUT2D eigenvalue weighted by Gasteiger charge is -2.08. The first kappa shape index (κ1) is 14.9. The molecule has 5 nitrogen and oxygen atoms in total. The first-order valence-corrected chi connectivity index (χ1v) is 6.98. The molecule has 2 amide bonds. The Bertz CT molecular complexity index is 420. The summed E-state index contributed by atoms with van der Waals surface area (Å²) in [5.41, 5.74) is 0.766. The number of hydrogen-bond donors (Lipinski definition) is 2. The van der Waals surface area contributed by atoms with Crippen molar-refractivity contribution in [2.24, 2.45) is 0 Å². The van der Waals surface area contributed by atoms with Gasteiger partial charge in [0.2, 0.25) is 11.8 Å². The Morgan fingerprint density at radius 2 is 2.17 bits per heavy atom. The van der Waals surface area contributed by atoms with E-state index in [9.17, 15) is 9.59 Å². The quantitative estimate of drug-likeness (QED) is 0.770. The highest BCUT2D eigenvalue weighted by atomic mass is 35.5. The highest BCUT2D eigenvalue weighted by Crippen LogP contribution is 2.11. The summed E-state index contributed by atoms with van der Waals surface area (Å²) in [6, 6.07) is 0.0691.